The summed E-state index contributed by atoms with van der Waals surface area (Å²) in [7, 11) is 0. The summed E-state index contributed by atoms with van der Waals surface area (Å²) in [6.45, 7) is 3.53. The predicted octanol–water partition coefficient (Wildman–Crippen LogP) is 4.50. The zero-order valence-electron chi connectivity index (χ0n) is 14.1. The van der Waals surface area contributed by atoms with Gasteiger partial charge in [0, 0.05) is 16.5 Å². The molecule has 0 spiro atoms. The SMILES string of the molecule is CC(=O)c1ccccc1NC(=O)Cc1csc(-c2cccc(C)c2)n1. The number of hydrogen-bond donors (Lipinski definition) is 1. The van der Waals surface area contributed by atoms with E-state index in [9.17, 15) is 9.59 Å². The van der Waals surface area contributed by atoms with Crippen LogP contribution in [0, 0.1) is 6.92 Å². The Kier molecular flexibility index (Phi) is 5.05. The van der Waals surface area contributed by atoms with Crippen molar-refractivity contribution in [1.82, 2.24) is 4.98 Å². The summed E-state index contributed by atoms with van der Waals surface area (Å²) in [5.74, 6) is -0.263. The van der Waals surface area contributed by atoms with E-state index >= 15 is 0 Å². The van der Waals surface area contributed by atoms with Gasteiger partial charge in [0.25, 0.3) is 0 Å². The van der Waals surface area contributed by atoms with Crippen molar-refractivity contribution in [2.75, 3.05) is 5.32 Å². The van der Waals surface area contributed by atoms with Gasteiger partial charge in [-0.1, -0.05) is 35.9 Å². The molecule has 25 heavy (non-hydrogen) atoms. The minimum absolute atomic E-state index is 0.0775. The molecule has 2 aromatic carbocycles. The van der Waals surface area contributed by atoms with Crippen LogP contribution in [-0.2, 0) is 11.2 Å². The van der Waals surface area contributed by atoms with E-state index in [-0.39, 0.29) is 18.1 Å². The largest absolute Gasteiger partial charge is 0.325 e. The third-order valence-electron chi connectivity index (χ3n) is 3.74. The number of carbonyl (C=O) groups is 2. The molecule has 0 bridgehead atoms. The molecule has 0 saturated carbocycles. The summed E-state index contributed by atoms with van der Waals surface area (Å²) >= 11 is 1.52. The molecule has 126 valence electrons. The van der Waals surface area contributed by atoms with Gasteiger partial charge in [0.15, 0.2) is 5.78 Å². The van der Waals surface area contributed by atoms with Gasteiger partial charge in [-0.15, -0.1) is 11.3 Å². The number of Topliss-reactive ketones (excluding diaryl/α,β-unsaturated/α-hetero) is 1. The highest BCUT2D eigenvalue weighted by Crippen LogP contribution is 2.25. The topological polar surface area (TPSA) is 59.1 Å². The van der Waals surface area contributed by atoms with Crippen molar-refractivity contribution in [3.05, 3.63) is 70.7 Å². The average Bonchev–Trinajstić information content (AvgIpc) is 3.03. The van der Waals surface area contributed by atoms with Gasteiger partial charge in [0.05, 0.1) is 17.8 Å². The lowest BCUT2D eigenvalue weighted by Crippen LogP contribution is -2.16. The standard InChI is InChI=1S/C20H18N2O2S/c1-13-6-5-7-15(10-13)20-21-16(12-25-20)11-19(24)22-18-9-4-3-8-17(18)14(2)23/h3-10,12H,11H2,1-2H3,(H,22,24). The molecule has 0 radical (unpaired) electrons. The van der Waals surface area contributed by atoms with Crippen LogP contribution < -0.4 is 5.32 Å². The summed E-state index contributed by atoms with van der Waals surface area (Å²) in [5, 5.41) is 5.60. The van der Waals surface area contributed by atoms with Crippen molar-refractivity contribution in [1.29, 1.82) is 0 Å². The van der Waals surface area contributed by atoms with Gasteiger partial charge >= 0.3 is 0 Å². The summed E-state index contributed by atoms with van der Waals surface area (Å²) in [4.78, 5) is 28.5. The number of aryl methyl sites for hydroxylation is 1. The molecule has 0 atom stereocenters. The maximum Gasteiger partial charge on any atom is 0.230 e. The number of anilines is 1. The van der Waals surface area contributed by atoms with Gasteiger partial charge in [0.1, 0.15) is 5.01 Å². The summed E-state index contributed by atoms with van der Waals surface area (Å²) in [6.07, 6.45) is 0.175. The molecule has 5 heteroatoms. The van der Waals surface area contributed by atoms with E-state index in [1.54, 1.807) is 24.3 Å². The van der Waals surface area contributed by atoms with Crippen LogP contribution in [0.1, 0.15) is 28.5 Å². The molecule has 0 aliphatic carbocycles. The summed E-state index contributed by atoms with van der Waals surface area (Å²) < 4.78 is 0. The summed E-state index contributed by atoms with van der Waals surface area (Å²) in [6, 6.07) is 15.1. The molecular formula is C20H18N2O2S. The molecule has 1 N–H and O–H groups in total. The lowest BCUT2D eigenvalue weighted by molar-refractivity contribution is -0.115. The molecule has 0 unspecified atom stereocenters. The van der Waals surface area contributed by atoms with Gasteiger partial charge < -0.3 is 5.32 Å². The number of benzene rings is 2. The average molecular weight is 350 g/mol. The number of thiazole rings is 1. The molecule has 3 aromatic rings. The van der Waals surface area contributed by atoms with E-state index in [0.29, 0.717) is 11.3 Å². The van der Waals surface area contributed by atoms with Crippen molar-refractivity contribution in [3.63, 3.8) is 0 Å². The van der Waals surface area contributed by atoms with E-state index in [1.807, 2.05) is 30.5 Å². The summed E-state index contributed by atoms with van der Waals surface area (Å²) in [5.41, 5.74) is 3.99. The monoisotopic (exact) mass is 350 g/mol. The Hall–Kier alpha value is -2.79. The number of aromatic nitrogens is 1. The number of para-hydroxylation sites is 1. The second kappa shape index (κ2) is 7.40. The first-order valence-corrected chi connectivity index (χ1v) is 8.82. The minimum atomic E-state index is -0.185. The van der Waals surface area contributed by atoms with Crippen LogP contribution in [0.15, 0.2) is 53.9 Å². The first-order valence-electron chi connectivity index (χ1n) is 7.94. The first kappa shape index (κ1) is 17.0. The number of rotatable bonds is 5. The normalized spacial score (nSPS) is 10.5. The van der Waals surface area contributed by atoms with E-state index in [2.05, 4.69) is 16.4 Å². The zero-order chi connectivity index (χ0) is 17.8. The predicted molar refractivity (Wildman–Crippen MR) is 101 cm³/mol. The first-order chi connectivity index (χ1) is 12.0. The number of nitrogens with zero attached hydrogens (tertiary/aromatic N) is 1. The fraction of sp³-hybridized carbons (Fsp3) is 0.150. The number of ketones is 1. The molecule has 0 aliphatic rings. The maximum atomic E-state index is 12.3. The maximum absolute atomic E-state index is 12.3. The highest BCUT2D eigenvalue weighted by molar-refractivity contribution is 7.13. The van der Waals surface area contributed by atoms with Gasteiger partial charge in [-0.25, -0.2) is 4.98 Å². The Bertz CT molecular complexity index is 931. The fourth-order valence-corrected chi connectivity index (χ4v) is 3.37. The van der Waals surface area contributed by atoms with Crippen LogP contribution in [0.2, 0.25) is 0 Å². The molecule has 0 saturated heterocycles. The van der Waals surface area contributed by atoms with Crippen LogP contribution in [-0.4, -0.2) is 16.7 Å². The van der Waals surface area contributed by atoms with Crippen LogP contribution in [0.4, 0.5) is 5.69 Å². The van der Waals surface area contributed by atoms with Crippen LogP contribution in [0.3, 0.4) is 0 Å². The van der Waals surface area contributed by atoms with Crippen LogP contribution >= 0.6 is 11.3 Å². The van der Waals surface area contributed by atoms with Crippen molar-refractivity contribution in [2.24, 2.45) is 0 Å². The lowest BCUT2D eigenvalue weighted by atomic mass is 10.1. The van der Waals surface area contributed by atoms with Crippen molar-refractivity contribution < 1.29 is 9.59 Å². The highest BCUT2D eigenvalue weighted by Gasteiger charge is 2.12. The Balaban J connectivity index is 1.71. The van der Waals surface area contributed by atoms with Gasteiger partial charge in [-0.2, -0.15) is 0 Å². The highest BCUT2D eigenvalue weighted by atomic mass is 32.1. The number of carbonyl (C=O) groups excluding carboxylic acids is 2. The van der Waals surface area contributed by atoms with E-state index in [4.69, 9.17) is 0 Å². The zero-order valence-corrected chi connectivity index (χ0v) is 14.9. The Labute approximate surface area is 150 Å². The van der Waals surface area contributed by atoms with Crippen molar-refractivity contribution in [3.8, 4) is 10.6 Å². The second-order valence-electron chi connectivity index (χ2n) is 5.84. The number of amides is 1. The Morgan fingerprint density at radius 1 is 1.12 bits per heavy atom. The van der Waals surface area contributed by atoms with Gasteiger partial charge in [0.2, 0.25) is 5.91 Å². The third-order valence-corrected chi connectivity index (χ3v) is 4.68. The van der Waals surface area contributed by atoms with Crippen LogP contribution in [0.5, 0.6) is 0 Å². The molecular weight excluding hydrogens is 332 g/mol. The van der Waals surface area contributed by atoms with E-state index < -0.39 is 0 Å². The van der Waals surface area contributed by atoms with Crippen LogP contribution in [0.25, 0.3) is 10.6 Å². The quantitative estimate of drug-likeness (QED) is 0.689. The third kappa shape index (κ3) is 4.19. The minimum Gasteiger partial charge on any atom is -0.325 e. The smallest absolute Gasteiger partial charge is 0.230 e. The second-order valence-corrected chi connectivity index (χ2v) is 6.70. The molecule has 4 nitrogen and oxygen atoms in total. The lowest BCUT2D eigenvalue weighted by Gasteiger charge is -2.08. The number of nitrogens with one attached hydrogen (secondary N) is 1. The number of hydrogen-bond acceptors (Lipinski definition) is 4. The van der Waals surface area contributed by atoms with Crippen molar-refractivity contribution >= 4 is 28.7 Å². The molecule has 0 aliphatic heterocycles. The molecule has 1 heterocycles. The van der Waals surface area contributed by atoms with Gasteiger partial charge in [-0.05, 0) is 32.0 Å². The molecule has 1 amide bonds. The van der Waals surface area contributed by atoms with Crippen molar-refractivity contribution in [2.45, 2.75) is 20.3 Å². The molecule has 3 rings (SSSR count). The molecule has 0 fully saturated rings. The Morgan fingerprint density at radius 3 is 2.68 bits per heavy atom. The van der Waals surface area contributed by atoms with Gasteiger partial charge in [-0.3, -0.25) is 9.59 Å². The fourth-order valence-electron chi connectivity index (χ4n) is 2.56. The van der Waals surface area contributed by atoms with E-state index in [0.717, 1.165) is 16.3 Å². The van der Waals surface area contributed by atoms with E-state index in [1.165, 1.54) is 23.8 Å². The Morgan fingerprint density at radius 2 is 1.92 bits per heavy atom. The molecule has 1 aromatic heterocycles.